The summed E-state index contributed by atoms with van der Waals surface area (Å²) in [5.74, 6) is 1.83. The Hall–Kier alpha value is -1.87. The highest BCUT2D eigenvalue weighted by atomic mass is 127. The lowest BCUT2D eigenvalue weighted by atomic mass is 10.1. The molecule has 6 nitrogen and oxygen atoms in total. The standard InChI is InChI=1S/C22H31N5O.HI/c1-4-27-11-5-6-19(27)15-26-22(23)25-14-18-9-10-24-21(13-18)28-20-8-7-16(2)17(3)12-20;/h7-10,12-13,19H,4-6,11,14-15H2,1-3H3,(H3,23,25,26);1H. The fourth-order valence-electron chi connectivity index (χ4n) is 3.50. The normalized spacial score (nSPS) is 17.1. The van der Waals surface area contributed by atoms with Crippen molar-refractivity contribution in [2.24, 2.45) is 10.7 Å². The van der Waals surface area contributed by atoms with Gasteiger partial charge in [0.25, 0.3) is 0 Å². The van der Waals surface area contributed by atoms with E-state index in [0.29, 0.717) is 24.4 Å². The van der Waals surface area contributed by atoms with Crippen LogP contribution < -0.4 is 15.8 Å². The summed E-state index contributed by atoms with van der Waals surface area (Å²) in [5, 5.41) is 3.26. The molecule has 1 aromatic carbocycles. The Morgan fingerprint density at radius 3 is 2.86 bits per heavy atom. The van der Waals surface area contributed by atoms with Crippen LogP contribution >= 0.6 is 24.0 Å². The summed E-state index contributed by atoms with van der Waals surface area (Å²) in [6.45, 7) is 9.97. The second kappa shape index (κ2) is 11.3. The highest BCUT2D eigenvalue weighted by Crippen LogP contribution is 2.23. The minimum atomic E-state index is 0. The Kier molecular flexibility index (Phi) is 9.16. The summed E-state index contributed by atoms with van der Waals surface area (Å²) >= 11 is 0. The van der Waals surface area contributed by atoms with Crippen molar-refractivity contribution in [3.8, 4) is 11.6 Å². The third kappa shape index (κ3) is 6.85. The molecule has 1 fully saturated rings. The van der Waals surface area contributed by atoms with Crippen LogP contribution in [0.5, 0.6) is 11.6 Å². The lowest BCUT2D eigenvalue weighted by molar-refractivity contribution is 0.267. The maximum atomic E-state index is 6.05. The van der Waals surface area contributed by atoms with Gasteiger partial charge in [0.1, 0.15) is 5.75 Å². The molecule has 1 atom stereocenters. The van der Waals surface area contributed by atoms with Gasteiger partial charge in [-0.2, -0.15) is 0 Å². The second-order valence-electron chi connectivity index (χ2n) is 7.36. The summed E-state index contributed by atoms with van der Waals surface area (Å²) in [4.78, 5) is 11.2. The van der Waals surface area contributed by atoms with Crippen LogP contribution in [0.25, 0.3) is 0 Å². The number of rotatable bonds is 7. The Balaban J connectivity index is 0.00000300. The summed E-state index contributed by atoms with van der Waals surface area (Å²) in [5.41, 5.74) is 9.50. The number of aryl methyl sites for hydroxylation is 2. The minimum Gasteiger partial charge on any atom is -0.439 e. The zero-order valence-electron chi connectivity index (χ0n) is 17.5. The summed E-state index contributed by atoms with van der Waals surface area (Å²) in [7, 11) is 0. The molecule has 1 aliphatic heterocycles. The molecular weight excluding hydrogens is 477 g/mol. The molecule has 1 saturated heterocycles. The van der Waals surface area contributed by atoms with Gasteiger partial charge < -0.3 is 15.8 Å². The first-order chi connectivity index (χ1) is 13.5. The number of hydrogen-bond acceptors (Lipinski definition) is 4. The van der Waals surface area contributed by atoms with Gasteiger partial charge in [-0.1, -0.05) is 13.0 Å². The Bertz CT molecular complexity index is 827. The summed E-state index contributed by atoms with van der Waals surface area (Å²) in [6, 6.07) is 10.4. The molecule has 1 unspecified atom stereocenters. The van der Waals surface area contributed by atoms with E-state index in [1.54, 1.807) is 6.20 Å². The Morgan fingerprint density at radius 2 is 2.10 bits per heavy atom. The molecule has 1 aromatic heterocycles. The number of likely N-dealkylation sites (tertiary alicyclic amines) is 1. The van der Waals surface area contributed by atoms with E-state index in [4.69, 9.17) is 10.5 Å². The van der Waals surface area contributed by atoms with Crippen LogP contribution in [-0.4, -0.2) is 41.5 Å². The number of likely N-dealkylation sites (N-methyl/N-ethyl adjacent to an activating group) is 1. The van der Waals surface area contributed by atoms with Gasteiger partial charge >= 0.3 is 0 Å². The first kappa shape index (κ1) is 23.4. The van der Waals surface area contributed by atoms with Gasteiger partial charge in [-0.3, -0.25) is 4.90 Å². The van der Waals surface area contributed by atoms with Crippen molar-refractivity contribution in [2.45, 2.75) is 46.2 Å². The fraction of sp³-hybridized carbons (Fsp3) is 0.455. The van der Waals surface area contributed by atoms with Gasteiger partial charge in [-0.15, -0.1) is 24.0 Å². The van der Waals surface area contributed by atoms with Crippen molar-refractivity contribution in [2.75, 3.05) is 19.6 Å². The number of nitrogens with one attached hydrogen (secondary N) is 1. The van der Waals surface area contributed by atoms with Crippen LogP contribution in [0.3, 0.4) is 0 Å². The molecule has 0 bridgehead atoms. The molecule has 0 spiro atoms. The molecule has 0 saturated carbocycles. The SMILES string of the molecule is CCN1CCCC1CNC(N)=NCc1ccnc(Oc2ccc(C)c(C)c2)c1.I. The third-order valence-electron chi connectivity index (χ3n) is 5.36. The number of pyridine rings is 1. The average molecular weight is 509 g/mol. The maximum absolute atomic E-state index is 6.05. The van der Waals surface area contributed by atoms with Crippen LogP contribution in [-0.2, 0) is 6.54 Å². The van der Waals surface area contributed by atoms with E-state index in [9.17, 15) is 0 Å². The molecular formula is C22H32IN5O. The number of nitrogens with zero attached hydrogens (tertiary/aromatic N) is 3. The van der Waals surface area contributed by atoms with Crippen LogP contribution in [0.15, 0.2) is 41.5 Å². The monoisotopic (exact) mass is 509 g/mol. The smallest absolute Gasteiger partial charge is 0.219 e. The largest absolute Gasteiger partial charge is 0.439 e. The first-order valence-corrected chi connectivity index (χ1v) is 10.0. The molecule has 0 aliphatic carbocycles. The number of hydrogen-bond donors (Lipinski definition) is 2. The zero-order valence-corrected chi connectivity index (χ0v) is 19.8. The van der Waals surface area contributed by atoms with Gasteiger partial charge in [0.05, 0.1) is 6.54 Å². The predicted octanol–water partition coefficient (Wildman–Crippen LogP) is 4.00. The lowest BCUT2D eigenvalue weighted by Gasteiger charge is -2.23. The van der Waals surface area contributed by atoms with Crippen molar-refractivity contribution < 1.29 is 4.74 Å². The minimum absolute atomic E-state index is 0. The number of halogens is 1. The maximum Gasteiger partial charge on any atom is 0.219 e. The van der Waals surface area contributed by atoms with E-state index in [-0.39, 0.29) is 24.0 Å². The number of nitrogens with two attached hydrogens (primary N) is 1. The molecule has 1 aliphatic rings. The lowest BCUT2D eigenvalue weighted by Crippen LogP contribution is -2.42. The quantitative estimate of drug-likeness (QED) is 0.336. The number of guanidine groups is 1. The van der Waals surface area contributed by atoms with E-state index < -0.39 is 0 Å². The van der Waals surface area contributed by atoms with Gasteiger partial charge in [0, 0.05) is 24.8 Å². The molecule has 158 valence electrons. The van der Waals surface area contributed by atoms with Gasteiger partial charge in [0.15, 0.2) is 5.96 Å². The van der Waals surface area contributed by atoms with E-state index in [0.717, 1.165) is 24.4 Å². The molecule has 29 heavy (non-hydrogen) atoms. The van der Waals surface area contributed by atoms with E-state index in [2.05, 4.69) is 47.0 Å². The topological polar surface area (TPSA) is 75.8 Å². The number of aliphatic imine (C=N–C) groups is 1. The second-order valence-corrected chi connectivity index (χ2v) is 7.36. The van der Waals surface area contributed by atoms with Crippen molar-refractivity contribution in [1.29, 1.82) is 0 Å². The predicted molar refractivity (Wildman–Crippen MR) is 129 cm³/mol. The van der Waals surface area contributed by atoms with Crippen LogP contribution in [0, 0.1) is 13.8 Å². The molecule has 3 N–H and O–H groups in total. The molecule has 3 rings (SSSR count). The van der Waals surface area contributed by atoms with E-state index in [1.807, 2.05) is 24.3 Å². The van der Waals surface area contributed by atoms with Crippen LogP contribution in [0.1, 0.15) is 36.5 Å². The van der Waals surface area contributed by atoms with Gasteiger partial charge in [-0.05, 0) is 74.7 Å². The molecule has 2 aromatic rings. The number of benzene rings is 1. The zero-order chi connectivity index (χ0) is 19.9. The van der Waals surface area contributed by atoms with E-state index >= 15 is 0 Å². The van der Waals surface area contributed by atoms with Gasteiger partial charge in [-0.25, -0.2) is 9.98 Å². The van der Waals surface area contributed by atoms with Crippen molar-refractivity contribution in [3.05, 3.63) is 53.2 Å². The van der Waals surface area contributed by atoms with Crippen LogP contribution in [0.4, 0.5) is 0 Å². The first-order valence-electron chi connectivity index (χ1n) is 10.0. The Labute approximate surface area is 191 Å². The molecule has 0 amide bonds. The fourth-order valence-corrected chi connectivity index (χ4v) is 3.50. The average Bonchev–Trinajstić information content (AvgIpc) is 3.15. The van der Waals surface area contributed by atoms with E-state index in [1.165, 1.54) is 30.5 Å². The number of aromatic nitrogens is 1. The third-order valence-corrected chi connectivity index (χ3v) is 5.36. The van der Waals surface area contributed by atoms with Crippen LogP contribution in [0.2, 0.25) is 0 Å². The molecule has 0 radical (unpaired) electrons. The highest BCUT2D eigenvalue weighted by Gasteiger charge is 2.22. The van der Waals surface area contributed by atoms with Crippen molar-refractivity contribution in [3.63, 3.8) is 0 Å². The van der Waals surface area contributed by atoms with Crippen molar-refractivity contribution in [1.82, 2.24) is 15.2 Å². The molecule has 7 heteroatoms. The number of ether oxygens (including phenoxy) is 1. The Morgan fingerprint density at radius 1 is 1.28 bits per heavy atom. The van der Waals surface area contributed by atoms with Gasteiger partial charge in [0.2, 0.25) is 5.88 Å². The highest BCUT2D eigenvalue weighted by molar-refractivity contribution is 14.0. The van der Waals surface area contributed by atoms with Crippen molar-refractivity contribution >= 4 is 29.9 Å². The summed E-state index contributed by atoms with van der Waals surface area (Å²) in [6.07, 6.45) is 4.22. The molecule has 2 heterocycles. The summed E-state index contributed by atoms with van der Waals surface area (Å²) < 4.78 is 5.89.